The highest BCUT2D eigenvalue weighted by Gasteiger charge is 2.25. The van der Waals surface area contributed by atoms with Crippen LogP contribution in [0.1, 0.15) is 30.7 Å². The molecule has 1 saturated carbocycles. The number of ether oxygens (including phenoxy) is 1. The van der Waals surface area contributed by atoms with Gasteiger partial charge in [0.15, 0.2) is 0 Å². The van der Waals surface area contributed by atoms with Gasteiger partial charge >= 0.3 is 0 Å². The Hall–Kier alpha value is -1.31. The van der Waals surface area contributed by atoms with Crippen LogP contribution in [0.3, 0.4) is 0 Å². The van der Waals surface area contributed by atoms with Gasteiger partial charge in [-0.15, -0.1) is 0 Å². The van der Waals surface area contributed by atoms with E-state index in [2.05, 4.69) is 12.1 Å². The van der Waals surface area contributed by atoms with Gasteiger partial charge in [0.1, 0.15) is 12.0 Å². The molecule has 0 unspecified atom stereocenters. The molecule has 0 N–H and O–H groups in total. The fourth-order valence-corrected chi connectivity index (χ4v) is 2.32. The van der Waals surface area contributed by atoms with Crippen molar-refractivity contribution >= 4 is 6.29 Å². The Bertz CT molecular complexity index is 329. The molecule has 0 saturated heterocycles. The zero-order valence-electron chi connectivity index (χ0n) is 8.98. The van der Waals surface area contributed by atoms with E-state index < -0.39 is 0 Å². The normalized spacial score (nSPS) is 25.1. The van der Waals surface area contributed by atoms with E-state index in [0.29, 0.717) is 5.92 Å². The molecule has 0 aromatic heterocycles. The number of hydrogen-bond acceptors (Lipinski definition) is 2. The molecule has 80 valence electrons. The van der Waals surface area contributed by atoms with E-state index >= 15 is 0 Å². The first-order valence-electron chi connectivity index (χ1n) is 5.42. The van der Waals surface area contributed by atoms with Crippen molar-refractivity contribution in [2.24, 2.45) is 5.92 Å². The summed E-state index contributed by atoms with van der Waals surface area (Å²) >= 11 is 0. The van der Waals surface area contributed by atoms with Crippen LogP contribution in [0, 0.1) is 5.92 Å². The maximum atomic E-state index is 10.7. The van der Waals surface area contributed by atoms with Crippen molar-refractivity contribution in [3.05, 3.63) is 29.8 Å². The molecule has 1 aromatic carbocycles. The first-order valence-corrected chi connectivity index (χ1v) is 5.42. The molecule has 0 aliphatic heterocycles. The number of carbonyl (C=O) groups excluding carboxylic acids is 1. The summed E-state index contributed by atoms with van der Waals surface area (Å²) in [5.74, 6) is 1.73. The SMILES string of the molecule is COc1ccc([C@@H]2CC[C@@H](C=O)C2)cc1. The van der Waals surface area contributed by atoms with Crippen LogP contribution in [0.25, 0.3) is 0 Å². The highest BCUT2D eigenvalue weighted by Crippen LogP contribution is 2.37. The summed E-state index contributed by atoms with van der Waals surface area (Å²) in [6, 6.07) is 8.19. The van der Waals surface area contributed by atoms with Crippen LogP contribution < -0.4 is 4.74 Å². The van der Waals surface area contributed by atoms with Gasteiger partial charge in [-0.05, 0) is 42.9 Å². The second-order valence-corrected chi connectivity index (χ2v) is 4.18. The lowest BCUT2D eigenvalue weighted by Crippen LogP contribution is -1.96. The Morgan fingerprint density at radius 2 is 2.00 bits per heavy atom. The van der Waals surface area contributed by atoms with Crippen LogP contribution in [0.5, 0.6) is 5.75 Å². The minimum Gasteiger partial charge on any atom is -0.497 e. The maximum Gasteiger partial charge on any atom is 0.123 e. The van der Waals surface area contributed by atoms with Crippen LogP contribution in [-0.4, -0.2) is 13.4 Å². The third-order valence-corrected chi connectivity index (χ3v) is 3.25. The topological polar surface area (TPSA) is 26.3 Å². The number of methoxy groups -OCH3 is 1. The van der Waals surface area contributed by atoms with Crippen molar-refractivity contribution in [3.63, 3.8) is 0 Å². The van der Waals surface area contributed by atoms with Crippen molar-refractivity contribution < 1.29 is 9.53 Å². The smallest absolute Gasteiger partial charge is 0.123 e. The molecule has 0 amide bonds. The summed E-state index contributed by atoms with van der Waals surface area (Å²) in [5.41, 5.74) is 1.33. The Labute approximate surface area is 90.3 Å². The molecule has 2 nitrogen and oxygen atoms in total. The molecule has 1 aliphatic carbocycles. The minimum atomic E-state index is 0.275. The van der Waals surface area contributed by atoms with E-state index in [9.17, 15) is 4.79 Å². The van der Waals surface area contributed by atoms with Crippen molar-refractivity contribution in [2.75, 3.05) is 7.11 Å². The molecule has 2 heteroatoms. The quantitative estimate of drug-likeness (QED) is 0.708. The molecular weight excluding hydrogens is 188 g/mol. The monoisotopic (exact) mass is 204 g/mol. The van der Waals surface area contributed by atoms with Crippen molar-refractivity contribution in [3.8, 4) is 5.75 Å². The van der Waals surface area contributed by atoms with Crippen LogP contribution >= 0.6 is 0 Å². The summed E-state index contributed by atoms with van der Waals surface area (Å²) in [6.07, 6.45) is 4.29. The van der Waals surface area contributed by atoms with Crippen LogP contribution in [0.15, 0.2) is 24.3 Å². The lowest BCUT2D eigenvalue weighted by molar-refractivity contribution is -0.110. The minimum absolute atomic E-state index is 0.275. The third-order valence-electron chi connectivity index (χ3n) is 3.25. The second-order valence-electron chi connectivity index (χ2n) is 4.18. The fourth-order valence-electron chi connectivity index (χ4n) is 2.32. The van der Waals surface area contributed by atoms with Crippen molar-refractivity contribution in [1.82, 2.24) is 0 Å². The highest BCUT2D eigenvalue weighted by molar-refractivity contribution is 5.54. The van der Waals surface area contributed by atoms with Gasteiger partial charge < -0.3 is 9.53 Å². The number of hydrogen-bond donors (Lipinski definition) is 0. The average molecular weight is 204 g/mol. The number of aldehydes is 1. The summed E-state index contributed by atoms with van der Waals surface area (Å²) < 4.78 is 5.12. The number of benzene rings is 1. The summed E-state index contributed by atoms with van der Waals surface area (Å²) in [6.45, 7) is 0. The van der Waals surface area contributed by atoms with E-state index in [0.717, 1.165) is 31.3 Å². The average Bonchev–Trinajstić information content (AvgIpc) is 2.78. The molecule has 15 heavy (non-hydrogen) atoms. The van der Waals surface area contributed by atoms with E-state index in [-0.39, 0.29) is 5.92 Å². The van der Waals surface area contributed by atoms with Gasteiger partial charge in [-0.25, -0.2) is 0 Å². The van der Waals surface area contributed by atoms with Crippen molar-refractivity contribution in [2.45, 2.75) is 25.2 Å². The van der Waals surface area contributed by atoms with Gasteiger partial charge in [0.25, 0.3) is 0 Å². The number of carbonyl (C=O) groups is 1. The third kappa shape index (κ3) is 2.20. The Kier molecular flexibility index (Phi) is 3.05. The predicted octanol–water partition coefficient (Wildman–Crippen LogP) is 2.78. The van der Waals surface area contributed by atoms with E-state index in [1.54, 1.807) is 7.11 Å². The summed E-state index contributed by atoms with van der Waals surface area (Å²) in [4.78, 5) is 10.7. The summed E-state index contributed by atoms with van der Waals surface area (Å²) in [5, 5.41) is 0. The molecule has 1 aliphatic rings. The largest absolute Gasteiger partial charge is 0.497 e. The maximum absolute atomic E-state index is 10.7. The van der Waals surface area contributed by atoms with Gasteiger partial charge in [-0.2, -0.15) is 0 Å². The van der Waals surface area contributed by atoms with Gasteiger partial charge in [0.05, 0.1) is 7.11 Å². The highest BCUT2D eigenvalue weighted by atomic mass is 16.5. The zero-order valence-corrected chi connectivity index (χ0v) is 8.98. The summed E-state index contributed by atoms with van der Waals surface area (Å²) in [7, 11) is 1.67. The van der Waals surface area contributed by atoms with Crippen LogP contribution in [0.2, 0.25) is 0 Å². The molecule has 0 heterocycles. The molecule has 0 bridgehead atoms. The Balaban J connectivity index is 2.07. The zero-order chi connectivity index (χ0) is 10.7. The van der Waals surface area contributed by atoms with Crippen molar-refractivity contribution in [1.29, 1.82) is 0 Å². The van der Waals surface area contributed by atoms with E-state index in [4.69, 9.17) is 4.74 Å². The van der Waals surface area contributed by atoms with Crippen LogP contribution in [-0.2, 0) is 4.79 Å². The molecule has 2 rings (SSSR count). The van der Waals surface area contributed by atoms with Gasteiger partial charge in [0.2, 0.25) is 0 Å². The van der Waals surface area contributed by atoms with Crippen LogP contribution in [0.4, 0.5) is 0 Å². The molecule has 1 fully saturated rings. The van der Waals surface area contributed by atoms with E-state index in [1.807, 2.05) is 12.1 Å². The Morgan fingerprint density at radius 1 is 1.27 bits per heavy atom. The van der Waals surface area contributed by atoms with Gasteiger partial charge in [0, 0.05) is 5.92 Å². The molecule has 0 spiro atoms. The molecule has 2 atom stereocenters. The van der Waals surface area contributed by atoms with Gasteiger partial charge in [-0.3, -0.25) is 0 Å². The van der Waals surface area contributed by atoms with E-state index in [1.165, 1.54) is 5.56 Å². The van der Waals surface area contributed by atoms with Gasteiger partial charge in [-0.1, -0.05) is 12.1 Å². The number of rotatable bonds is 3. The first kappa shape index (κ1) is 10.2. The second kappa shape index (κ2) is 4.47. The fraction of sp³-hybridized carbons (Fsp3) is 0.462. The standard InChI is InChI=1S/C13H16O2/c1-15-13-6-4-11(5-7-13)12-3-2-10(8-12)9-14/h4-7,9-10,12H,2-3,8H2,1H3/t10-,12-/m1/s1. The molecule has 0 radical (unpaired) electrons. The molecular formula is C13H16O2. The lowest BCUT2D eigenvalue weighted by Gasteiger charge is -2.10. The lowest BCUT2D eigenvalue weighted by atomic mass is 9.96. The molecule has 1 aromatic rings. The Morgan fingerprint density at radius 3 is 2.53 bits per heavy atom. The first-order chi connectivity index (χ1) is 7.33. The predicted molar refractivity (Wildman–Crippen MR) is 59.1 cm³/mol.